The van der Waals surface area contributed by atoms with E-state index < -0.39 is 0 Å². The molecule has 0 fully saturated rings. The van der Waals surface area contributed by atoms with E-state index in [4.69, 9.17) is 0 Å². The summed E-state index contributed by atoms with van der Waals surface area (Å²) >= 11 is 2.66. The fourth-order valence-electron chi connectivity index (χ4n) is 1.06. The molecule has 0 amide bonds. The summed E-state index contributed by atoms with van der Waals surface area (Å²) in [6.45, 7) is 4.57. The zero-order valence-corrected chi connectivity index (χ0v) is 10.8. The Morgan fingerprint density at radius 1 is 0.909 bits per heavy atom. The van der Waals surface area contributed by atoms with E-state index in [2.05, 4.69) is 35.9 Å². The molecular formula is C9H20IP. The Morgan fingerprint density at radius 2 is 1.64 bits per heavy atom. The molecule has 0 aromatic carbocycles. The molecule has 0 bridgehead atoms. The van der Waals surface area contributed by atoms with Crippen LogP contribution in [-0.2, 0) is 0 Å². The molecule has 0 N–H and O–H groups in total. The molecule has 1 atom stereocenters. The van der Waals surface area contributed by atoms with Crippen LogP contribution in [0.5, 0.6) is 0 Å². The van der Waals surface area contributed by atoms with Crippen LogP contribution in [0.4, 0.5) is 0 Å². The van der Waals surface area contributed by atoms with E-state index in [1.807, 2.05) is 0 Å². The zero-order chi connectivity index (χ0) is 8.53. The van der Waals surface area contributed by atoms with E-state index >= 15 is 0 Å². The summed E-state index contributed by atoms with van der Waals surface area (Å²) in [5.41, 5.74) is 0.373. The lowest BCUT2D eigenvalue weighted by Crippen LogP contribution is -1.84. The molecule has 0 radical (unpaired) electrons. The normalized spacial score (nSPS) is 13.4. The third-order valence-electron chi connectivity index (χ3n) is 1.72. The second-order valence-corrected chi connectivity index (χ2v) is 8.88. The standard InChI is InChI=1S/C9H20IP/c1-3-5-6-7-9-11(10)8-4-2/h3-9H2,1-2H3. The summed E-state index contributed by atoms with van der Waals surface area (Å²) in [7, 11) is 0. The lowest BCUT2D eigenvalue weighted by Gasteiger charge is -2.07. The molecular weight excluding hydrogens is 266 g/mol. The van der Waals surface area contributed by atoms with Gasteiger partial charge in [0.15, 0.2) is 0 Å². The third-order valence-corrected chi connectivity index (χ3v) is 6.35. The van der Waals surface area contributed by atoms with Gasteiger partial charge in [-0.15, -0.1) is 0 Å². The molecule has 0 aliphatic carbocycles. The summed E-state index contributed by atoms with van der Waals surface area (Å²) in [6, 6.07) is 0. The maximum atomic E-state index is 2.66. The van der Waals surface area contributed by atoms with Gasteiger partial charge in [0.1, 0.15) is 0 Å². The van der Waals surface area contributed by atoms with Gasteiger partial charge in [-0.2, -0.15) is 0 Å². The summed E-state index contributed by atoms with van der Waals surface area (Å²) in [6.07, 6.45) is 10.1. The van der Waals surface area contributed by atoms with Crippen molar-refractivity contribution in [1.29, 1.82) is 0 Å². The zero-order valence-electron chi connectivity index (χ0n) is 7.77. The predicted octanol–water partition coefficient (Wildman–Crippen LogP) is 4.81. The first-order valence-corrected chi connectivity index (χ1v) is 9.21. The number of hydrogen-bond acceptors (Lipinski definition) is 0. The number of halogens is 1. The van der Waals surface area contributed by atoms with Gasteiger partial charge in [0.25, 0.3) is 0 Å². The van der Waals surface area contributed by atoms with Crippen molar-refractivity contribution < 1.29 is 0 Å². The number of unbranched alkanes of at least 4 members (excludes halogenated alkanes) is 3. The Bertz CT molecular complexity index is 76.0. The monoisotopic (exact) mass is 286 g/mol. The molecule has 0 heterocycles. The highest BCUT2D eigenvalue weighted by Gasteiger charge is 1.99. The van der Waals surface area contributed by atoms with Crippen LogP contribution < -0.4 is 0 Å². The van der Waals surface area contributed by atoms with Crippen LogP contribution in [-0.4, -0.2) is 12.3 Å². The van der Waals surface area contributed by atoms with Gasteiger partial charge in [-0.25, -0.2) is 0 Å². The molecule has 0 saturated carbocycles. The maximum absolute atomic E-state index is 2.66. The van der Waals surface area contributed by atoms with Gasteiger partial charge in [0, 0.05) is 0 Å². The van der Waals surface area contributed by atoms with E-state index in [-0.39, 0.29) is 0 Å². The third kappa shape index (κ3) is 9.07. The molecule has 0 aliphatic heterocycles. The van der Waals surface area contributed by atoms with Crippen LogP contribution in [0, 0.1) is 0 Å². The van der Waals surface area contributed by atoms with Crippen LogP contribution in [0.15, 0.2) is 0 Å². The molecule has 1 unspecified atom stereocenters. The average molecular weight is 286 g/mol. The SMILES string of the molecule is CCCCCCP(I)CCC. The first kappa shape index (κ1) is 12.2. The Kier molecular flexibility index (Phi) is 10.2. The van der Waals surface area contributed by atoms with Crippen molar-refractivity contribution in [2.24, 2.45) is 0 Å². The fourth-order valence-corrected chi connectivity index (χ4v) is 4.81. The average Bonchev–Trinajstić information content (AvgIpc) is 1.99. The Labute approximate surface area is 85.8 Å². The second-order valence-electron chi connectivity index (χ2n) is 2.97. The van der Waals surface area contributed by atoms with Crippen molar-refractivity contribution in [3.63, 3.8) is 0 Å². The van der Waals surface area contributed by atoms with Gasteiger partial charge in [0.05, 0.1) is 0 Å². The smallest absolute Gasteiger partial charge is 0.0235 e. The van der Waals surface area contributed by atoms with Crippen molar-refractivity contribution in [3.8, 4) is 0 Å². The summed E-state index contributed by atoms with van der Waals surface area (Å²) in [5, 5.41) is 0. The molecule has 68 valence electrons. The number of rotatable bonds is 7. The van der Waals surface area contributed by atoms with Gasteiger partial charge < -0.3 is 0 Å². The maximum Gasteiger partial charge on any atom is -0.0235 e. The summed E-state index contributed by atoms with van der Waals surface area (Å²) in [5.74, 6) is 0. The van der Waals surface area contributed by atoms with E-state index in [9.17, 15) is 0 Å². The highest BCUT2D eigenvalue weighted by molar-refractivity contribution is 14.2. The lowest BCUT2D eigenvalue weighted by atomic mass is 10.2. The minimum absolute atomic E-state index is 0.373. The molecule has 0 spiro atoms. The van der Waals surface area contributed by atoms with E-state index in [1.165, 1.54) is 44.4 Å². The Hall–Kier alpha value is 1.16. The van der Waals surface area contributed by atoms with Gasteiger partial charge >= 0.3 is 0 Å². The predicted molar refractivity (Wildman–Crippen MR) is 65.1 cm³/mol. The van der Waals surface area contributed by atoms with Crippen LogP contribution >= 0.6 is 27.6 Å². The van der Waals surface area contributed by atoms with Crippen LogP contribution in [0.2, 0.25) is 0 Å². The Balaban J connectivity index is 2.97. The van der Waals surface area contributed by atoms with Gasteiger partial charge in [0.2, 0.25) is 0 Å². The summed E-state index contributed by atoms with van der Waals surface area (Å²) in [4.78, 5) is 0. The highest BCUT2D eigenvalue weighted by atomic mass is 127. The quantitative estimate of drug-likeness (QED) is 0.358. The molecule has 0 rings (SSSR count). The topological polar surface area (TPSA) is 0 Å². The minimum Gasteiger partial charge on any atom is -0.0654 e. The molecule has 0 saturated heterocycles. The largest absolute Gasteiger partial charge is 0.0654 e. The van der Waals surface area contributed by atoms with Gasteiger partial charge in [-0.3, -0.25) is 0 Å². The van der Waals surface area contributed by atoms with Gasteiger partial charge in [-0.05, 0) is 24.3 Å². The van der Waals surface area contributed by atoms with Crippen molar-refractivity contribution in [3.05, 3.63) is 0 Å². The molecule has 0 aromatic heterocycles. The fraction of sp³-hybridized carbons (Fsp3) is 1.00. The van der Waals surface area contributed by atoms with Crippen molar-refractivity contribution in [2.45, 2.75) is 46.0 Å². The van der Waals surface area contributed by atoms with Crippen molar-refractivity contribution in [1.82, 2.24) is 0 Å². The van der Waals surface area contributed by atoms with E-state index in [0.29, 0.717) is 5.56 Å². The van der Waals surface area contributed by atoms with Crippen LogP contribution in [0.1, 0.15) is 46.0 Å². The van der Waals surface area contributed by atoms with Crippen LogP contribution in [0.3, 0.4) is 0 Å². The van der Waals surface area contributed by atoms with Gasteiger partial charge in [-0.1, -0.05) is 61.6 Å². The lowest BCUT2D eigenvalue weighted by molar-refractivity contribution is 0.705. The number of hydrogen-bond donors (Lipinski definition) is 0. The van der Waals surface area contributed by atoms with E-state index in [1.54, 1.807) is 0 Å². The highest BCUT2D eigenvalue weighted by Crippen LogP contribution is 2.46. The van der Waals surface area contributed by atoms with Crippen molar-refractivity contribution in [2.75, 3.05) is 12.3 Å². The molecule has 0 nitrogen and oxygen atoms in total. The molecule has 2 heteroatoms. The second kappa shape index (κ2) is 9.25. The van der Waals surface area contributed by atoms with Crippen molar-refractivity contribution >= 4 is 27.6 Å². The first-order chi connectivity index (χ1) is 5.31. The molecule has 0 aliphatic rings. The first-order valence-electron chi connectivity index (χ1n) is 4.72. The van der Waals surface area contributed by atoms with E-state index in [0.717, 1.165) is 0 Å². The Morgan fingerprint density at radius 3 is 2.18 bits per heavy atom. The molecule has 0 aromatic rings. The minimum atomic E-state index is 0.373. The molecule has 11 heavy (non-hydrogen) atoms. The summed E-state index contributed by atoms with van der Waals surface area (Å²) < 4.78 is 0. The van der Waals surface area contributed by atoms with Crippen LogP contribution in [0.25, 0.3) is 0 Å².